The number of aryl methyl sites for hydroxylation is 1. The van der Waals surface area contributed by atoms with Crippen molar-refractivity contribution in [1.82, 2.24) is 0 Å². The summed E-state index contributed by atoms with van der Waals surface area (Å²) in [5.74, 6) is 0. The zero-order valence-corrected chi connectivity index (χ0v) is 9.43. The minimum Gasteiger partial charge on any atom is -0.327 e. The summed E-state index contributed by atoms with van der Waals surface area (Å²) >= 11 is 6.00. The Balaban J connectivity index is 2.38. The first-order valence-corrected chi connectivity index (χ1v) is 5.46. The van der Waals surface area contributed by atoms with E-state index in [4.69, 9.17) is 17.3 Å². The molecule has 1 aromatic carbocycles. The van der Waals surface area contributed by atoms with E-state index in [1.54, 1.807) is 0 Å². The SMILES string of the molecule is Cc1cc(C2(C(C)N)CC2)ccc1Cl. The van der Waals surface area contributed by atoms with Gasteiger partial charge in [0.2, 0.25) is 0 Å². The van der Waals surface area contributed by atoms with Crippen LogP contribution in [0.25, 0.3) is 0 Å². The molecule has 2 rings (SSSR count). The van der Waals surface area contributed by atoms with Gasteiger partial charge in [-0.25, -0.2) is 0 Å². The van der Waals surface area contributed by atoms with Crippen LogP contribution in [-0.2, 0) is 5.41 Å². The molecule has 1 saturated carbocycles. The molecule has 0 aromatic heterocycles. The summed E-state index contributed by atoms with van der Waals surface area (Å²) in [7, 11) is 0. The predicted octanol–water partition coefficient (Wildman–Crippen LogP) is 3.03. The predicted molar refractivity (Wildman–Crippen MR) is 60.8 cm³/mol. The van der Waals surface area contributed by atoms with E-state index in [9.17, 15) is 0 Å². The summed E-state index contributed by atoms with van der Waals surface area (Å²) in [5.41, 5.74) is 8.77. The first kappa shape index (κ1) is 10.0. The van der Waals surface area contributed by atoms with Crippen molar-refractivity contribution in [2.75, 3.05) is 0 Å². The van der Waals surface area contributed by atoms with Crippen molar-refractivity contribution in [2.45, 2.75) is 38.1 Å². The van der Waals surface area contributed by atoms with E-state index >= 15 is 0 Å². The van der Waals surface area contributed by atoms with E-state index in [1.807, 2.05) is 13.0 Å². The van der Waals surface area contributed by atoms with E-state index in [0.29, 0.717) is 0 Å². The van der Waals surface area contributed by atoms with Crippen LogP contribution in [0.4, 0.5) is 0 Å². The average molecular weight is 210 g/mol. The van der Waals surface area contributed by atoms with Crippen molar-refractivity contribution in [3.05, 3.63) is 34.3 Å². The summed E-state index contributed by atoms with van der Waals surface area (Å²) < 4.78 is 0. The molecule has 1 aliphatic carbocycles. The van der Waals surface area contributed by atoms with Crippen LogP contribution in [0.15, 0.2) is 18.2 Å². The van der Waals surface area contributed by atoms with Gasteiger partial charge in [0, 0.05) is 16.5 Å². The third kappa shape index (κ3) is 1.45. The van der Waals surface area contributed by atoms with Gasteiger partial charge in [-0.2, -0.15) is 0 Å². The van der Waals surface area contributed by atoms with Crippen LogP contribution in [-0.4, -0.2) is 6.04 Å². The van der Waals surface area contributed by atoms with E-state index in [0.717, 1.165) is 10.6 Å². The third-order valence-corrected chi connectivity index (χ3v) is 3.82. The van der Waals surface area contributed by atoms with Crippen LogP contribution in [0.5, 0.6) is 0 Å². The van der Waals surface area contributed by atoms with Crippen LogP contribution in [0.1, 0.15) is 30.9 Å². The van der Waals surface area contributed by atoms with Gasteiger partial charge in [-0.15, -0.1) is 0 Å². The zero-order chi connectivity index (χ0) is 10.3. The minimum atomic E-state index is 0.239. The highest BCUT2D eigenvalue weighted by atomic mass is 35.5. The molecule has 76 valence electrons. The lowest BCUT2D eigenvalue weighted by Gasteiger charge is -2.20. The Labute approximate surface area is 90.3 Å². The quantitative estimate of drug-likeness (QED) is 0.796. The fraction of sp³-hybridized carbons (Fsp3) is 0.500. The molecule has 0 aliphatic heterocycles. The van der Waals surface area contributed by atoms with Crippen LogP contribution in [0.2, 0.25) is 5.02 Å². The standard InChI is InChI=1S/C12H16ClN/c1-8-7-10(3-4-11(8)13)12(5-6-12)9(2)14/h3-4,7,9H,5-6,14H2,1-2H3. The Morgan fingerprint density at radius 3 is 2.50 bits per heavy atom. The highest BCUT2D eigenvalue weighted by molar-refractivity contribution is 6.31. The van der Waals surface area contributed by atoms with E-state index in [-0.39, 0.29) is 11.5 Å². The number of nitrogens with two attached hydrogens (primary N) is 1. The molecule has 1 atom stereocenters. The van der Waals surface area contributed by atoms with Crippen molar-refractivity contribution in [3.63, 3.8) is 0 Å². The van der Waals surface area contributed by atoms with E-state index in [2.05, 4.69) is 19.1 Å². The van der Waals surface area contributed by atoms with E-state index in [1.165, 1.54) is 18.4 Å². The first-order valence-electron chi connectivity index (χ1n) is 5.08. The average Bonchev–Trinajstić information content (AvgIpc) is 2.90. The van der Waals surface area contributed by atoms with Gasteiger partial charge in [0.15, 0.2) is 0 Å². The lowest BCUT2D eigenvalue weighted by atomic mass is 9.89. The maximum Gasteiger partial charge on any atom is 0.0435 e. The molecule has 0 spiro atoms. The van der Waals surface area contributed by atoms with Gasteiger partial charge in [0.1, 0.15) is 0 Å². The molecule has 0 bridgehead atoms. The van der Waals surface area contributed by atoms with Crippen molar-refractivity contribution >= 4 is 11.6 Å². The fourth-order valence-corrected chi connectivity index (χ4v) is 2.21. The van der Waals surface area contributed by atoms with Crippen molar-refractivity contribution < 1.29 is 0 Å². The number of rotatable bonds is 2. The summed E-state index contributed by atoms with van der Waals surface area (Å²) in [4.78, 5) is 0. The molecule has 0 radical (unpaired) electrons. The van der Waals surface area contributed by atoms with Crippen LogP contribution in [0, 0.1) is 6.92 Å². The van der Waals surface area contributed by atoms with Crippen molar-refractivity contribution in [3.8, 4) is 0 Å². The largest absolute Gasteiger partial charge is 0.327 e. The molecule has 0 heterocycles. The normalized spacial score (nSPS) is 20.6. The highest BCUT2D eigenvalue weighted by Gasteiger charge is 2.47. The van der Waals surface area contributed by atoms with Crippen LogP contribution in [0.3, 0.4) is 0 Å². The second-order valence-corrected chi connectivity index (χ2v) is 4.82. The van der Waals surface area contributed by atoms with Gasteiger partial charge in [0.05, 0.1) is 0 Å². The number of hydrogen-bond acceptors (Lipinski definition) is 1. The molecule has 1 aromatic rings. The highest BCUT2D eigenvalue weighted by Crippen LogP contribution is 2.50. The molecule has 1 fully saturated rings. The van der Waals surface area contributed by atoms with Gasteiger partial charge in [-0.05, 0) is 43.9 Å². The number of benzene rings is 1. The Kier molecular flexibility index (Phi) is 2.32. The second-order valence-electron chi connectivity index (χ2n) is 4.41. The van der Waals surface area contributed by atoms with Gasteiger partial charge in [0.25, 0.3) is 0 Å². The van der Waals surface area contributed by atoms with Crippen molar-refractivity contribution in [2.24, 2.45) is 5.73 Å². The summed E-state index contributed by atoms with van der Waals surface area (Å²) in [6.07, 6.45) is 2.43. The summed E-state index contributed by atoms with van der Waals surface area (Å²) in [6.45, 7) is 4.14. The fourth-order valence-electron chi connectivity index (χ4n) is 2.10. The monoisotopic (exact) mass is 209 g/mol. The topological polar surface area (TPSA) is 26.0 Å². The summed E-state index contributed by atoms with van der Waals surface area (Å²) in [5, 5.41) is 0.842. The molecular formula is C12H16ClN. The second kappa shape index (κ2) is 3.25. The summed E-state index contributed by atoms with van der Waals surface area (Å²) in [6, 6.07) is 6.52. The Hall–Kier alpha value is -0.530. The lowest BCUT2D eigenvalue weighted by molar-refractivity contribution is 0.556. The third-order valence-electron chi connectivity index (χ3n) is 3.39. The maximum atomic E-state index is 6.02. The van der Waals surface area contributed by atoms with Crippen LogP contribution >= 0.6 is 11.6 Å². The molecule has 14 heavy (non-hydrogen) atoms. The molecule has 1 aliphatic rings. The molecule has 1 nitrogen and oxygen atoms in total. The van der Waals surface area contributed by atoms with Gasteiger partial charge in [-0.3, -0.25) is 0 Å². The zero-order valence-electron chi connectivity index (χ0n) is 8.68. The Morgan fingerprint density at radius 1 is 1.43 bits per heavy atom. The minimum absolute atomic E-state index is 0.239. The smallest absolute Gasteiger partial charge is 0.0435 e. The molecular weight excluding hydrogens is 194 g/mol. The maximum absolute atomic E-state index is 6.02. The van der Waals surface area contributed by atoms with Gasteiger partial charge < -0.3 is 5.73 Å². The molecule has 2 N–H and O–H groups in total. The molecule has 0 saturated heterocycles. The Morgan fingerprint density at radius 2 is 2.07 bits per heavy atom. The molecule has 0 amide bonds. The van der Waals surface area contributed by atoms with E-state index < -0.39 is 0 Å². The van der Waals surface area contributed by atoms with Crippen LogP contribution < -0.4 is 5.73 Å². The Bertz CT molecular complexity index is 353. The number of hydrogen-bond donors (Lipinski definition) is 1. The van der Waals surface area contributed by atoms with Gasteiger partial charge >= 0.3 is 0 Å². The molecule has 2 heteroatoms. The molecule has 1 unspecified atom stereocenters. The number of halogens is 1. The van der Waals surface area contributed by atoms with Crippen molar-refractivity contribution in [1.29, 1.82) is 0 Å². The first-order chi connectivity index (χ1) is 6.56. The lowest BCUT2D eigenvalue weighted by Crippen LogP contribution is -2.31. The van der Waals surface area contributed by atoms with Gasteiger partial charge in [-0.1, -0.05) is 23.7 Å².